The summed E-state index contributed by atoms with van der Waals surface area (Å²) in [5.74, 6) is 0.989. The topological polar surface area (TPSA) is 17.1 Å². The number of carbonyl (C=O) groups excluding carboxylic acids is 1. The Bertz CT molecular complexity index is 221. The summed E-state index contributed by atoms with van der Waals surface area (Å²) in [7, 11) is 0. The van der Waals surface area contributed by atoms with Crippen molar-refractivity contribution in [1.82, 2.24) is 0 Å². The molecule has 1 aliphatic rings. The van der Waals surface area contributed by atoms with Crippen LogP contribution in [0.4, 0.5) is 0 Å². The third-order valence-electron chi connectivity index (χ3n) is 3.34. The molecule has 1 aliphatic carbocycles. The molecule has 0 bridgehead atoms. The first-order chi connectivity index (χ1) is 7.24. The zero-order chi connectivity index (χ0) is 11.1. The van der Waals surface area contributed by atoms with Gasteiger partial charge in [-0.25, -0.2) is 0 Å². The lowest BCUT2D eigenvalue weighted by atomic mass is 9.98. The fourth-order valence-corrected chi connectivity index (χ4v) is 2.35. The second-order valence-electron chi connectivity index (χ2n) is 4.75. The molecular weight excluding hydrogens is 184 g/mol. The molecule has 1 saturated carbocycles. The van der Waals surface area contributed by atoms with Crippen molar-refractivity contribution < 1.29 is 4.79 Å². The van der Waals surface area contributed by atoms with Crippen LogP contribution < -0.4 is 0 Å². The smallest absolute Gasteiger partial charge is 0.155 e. The summed E-state index contributed by atoms with van der Waals surface area (Å²) in [6.45, 7) is 3.92. The van der Waals surface area contributed by atoms with E-state index in [1.54, 1.807) is 6.92 Å². The van der Waals surface area contributed by atoms with Crippen LogP contribution in [-0.2, 0) is 4.79 Å². The number of ketones is 1. The summed E-state index contributed by atoms with van der Waals surface area (Å²) in [5, 5.41) is 0. The van der Waals surface area contributed by atoms with E-state index < -0.39 is 0 Å². The predicted octanol–water partition coefficient (Wildman–Crippen LogP) is 4.27. The number of hydrogen-bond donors (Lipinski definition) is 0. The highest BCUT2D eigenvalue weighted by molar-refractivity contribution is 5.93. The number of carbonyl (C=O) groups is 1. The van der Waals surface area contributed by atoms with Gasteiger partial charge in [0.1, 0.15) is 0 Å². The van der Waals surface area contributed by atoms with Crippen molar-refractivity contribution in [2.45, 2.75) is 65.2 Å². The summed E-state index contributed by atoms with van der Waals surface area (Å²) < 4.78 is 0. The minimum absolute atomic E-state index is 0.290. The van der Waals surface area contributed by atoms with Crippen molar-refractivity contribution in [2.24, 2.45) is 5.92 Å². The van der Waals surface area contributed by atoms with Gasteiger partial charge in [0.25, 0.3) is 0 Å². The summed E-state index contributed by atoms with van der Waals surface area (Å²) >= 11 is 0. The van der Waals surface area contributed by atoms with E-state index in [0.29, 0.717) is 5.92 Å². The van der Waals surface area contributed by atoms with Crippen LogP contribution in [0.1, 0.15) is 65.2 Å². The largest absolute Gasteiger partial charge is 0.295 e. The Morgan fingerprint density at radius 3 is 2.47 bits per heavy atom. The van der Waals surface area contributed by atoms with Gasteiger partial charge in [-0.15, -0.1) is 0 Å². The molecule has 0 spiro atoms. The maximum Gasteiger partial charge on any atom is 0.155 e. The zero-order valence-corrected chi connectivity index (χ0v) is 10.2. The van der Waals surface area contributed by atoms with Crippen LogP contribution in [0.15, 0.2) is 11.6 Å². The fourth-order valence-electron chi connectivity index (χ4n) is 2.35. The molecule has 0 saturated heterocycles. The van der Waals surface area contributed by atoms with Gasteiger partial charge in [0, 0.05) is 0 Å². The molecule has 0 radical (unpaired) electrons. The van der Waals surface area contributed by atoms with E-state index in [9.17, 15) is 4.79 Å². The molecule has 0 aromatic heterocycles. The van der Waals surface area contributed by atoms with E-state index in [2.05, 4.69) is 13.0 Å². The van der Waals surface area contributed by atoms with Crippen molar-refractivity contribution in [1.29, 1.82) is 0 Å². The average Bonchev–Trinajstić information content (AvgIpc) is 2.69. The maximum atomic E-state index is 11.5. The predicted molar refractivity (Wildman–Crippen MR) is 64.9 cm³/mol. The Morgan fingerprint density at radius 1 is 1.27 bits per heavy atom. The van der Waals surface area contributed by atoms with Crippen LogP contribution in [0.3, 0.4) is 0 Å². The molecule has 0 atom stereocenters. The maximum absolute atomic E-state index is 11.5. The molecule has 1 nitrogen and oxygen atoms in total. The molecule has 0 aliphatic heterocycles. The van der Waals surface area contributed by atoms with Crippen LogP contribution >= 0.6 is 0 Å². The van der Waals surface area contributed by atoms with Gasteiger partial charge in [0.2, 0.25) is 0 Å². The number of rotatable bonds is 6. The van der Waals surface area contributed by atoms with E-state index >= 15 is 0 Å². The average molecular weight is 208 g/mol. The van der Waals surface area contributed by atoms with Gasteiger partial charge in [0.05, 0.1) is 0 Å². The highest BCUT2D eigenvalue weighted by Crippen LogP contribution is 2.27. The minimum atomic E-state index is 0.290. The Balaban J connectivity index is 2.44. The van der Waals surface area contributed by atoms with E-state index in [-0.39, 0.29) is 5.78 Å². The first-order valence-corrected chi connectivity index (χ1v) is 6.45. The molecule has 1 heteroatoms. The molecule has 1 rings (SSSR count). The summed E-state index contributed by atoms with van der Waals surface area (Å²) in [5.41, 5.74) is 1.09. The third-order valence-corrected chi connectivity index (χ3v) is 3.34. The third kappa shape index (κ3) is 4.63. The lowest BCUT2D eigenvalue weighted by Crippen LogP contribution is -2.00. The van der Waals surface area contributed by atoms with Crippen LogP contribution in [0.5, 0.6) is 0 Å². The highest BCUT2D eigenvalue weighted by atomic mass is 16.1. The summed E-state index contributed by atoms with van der Waals surface area (Å²) in [6, 6.07) is 0. The summed E-state index contributed by atoms with van der Waals surface area (Å²) in [4.78, 5) is 11.5. The first kappa shape index (κ1) is 12.5. The number of unbranched alkanes of at least 4 members (excludes halogenated alkanes) is 2. The van der Waals surface area contributed by atoms with E-state index in [1.807, 2.05) is 0 Å². The second-order valence-corrected chi connectivity index (χ2v) is 4.75. The number of Topliss-reactive ketones (excluding diaryl/α,β-unsaturated/α-hetero) is 1. The Morgan fingerprint density at radius 2 is 1.93 bits per heavy atom. The number of allylic oxidation sites excluding steroid dienone is 2. The van der Waals surface area contributed by atoms with Crippen molar-refractivity contribution in [3.05, 3.63) is 11.6 Å². The molecule has 1 fully saturated rings. The van der Waals surface area contributed by atoms with Gasteiger partial charge in [-0.3, -0.25) is 4.79 Å². The highest BCUT2D eigenvalue weighted by Gasteiger charge is 2.14. The second kappa shape index (κ2) is 6.81. The van der Waals surface area contributed by atoms with Gasteiger partial charge in [0.15, 0.2) is 5.78 Å². The van der Waals surface area contributed by atoms with Crippen LogP contribution in [0, 0.1) is 5.92 Å². The molecule has 0 aromatic carbocycles. The molecule has 0 N–H and O–H groups in total. The van der Waals surface area contributed by atoms with Gasteiger partial charge in [-0.2, -0.15) is 0 Å². The summed E-state index contributed by atoms with van der Waals surface area (Å²) in [6.07, 6.45) is 12.2. The fraction of sp³-hybridized carbons (Fsp3) is 0.786. The van der Waals surface area contributed by atoms with E-state index in [4.69, 9.17) is 0 Å². The molecule has 0 amide bonds. The van der Waals surface area contributed by atoms with Gasteiger partial charge in [-0.05, 0) is 44.1 Å². The minimum Gasteiger partial charge on any atom is -0.295 e. The normalized spacial score (nSPS) is 18.4. The van der Waals surface area contributed by atoms with Crippen molar-refractivity contribution >= 4 is 5.78 Å². The van der Waals surface area contributed by atoms with Crippen LogP contribution in [0.2, 0.25) is 0 Å². The van der Waals surface area contributed by atoms with Crippen LogP contribution in [0.25, 0.3) is 0 Å². The van der Waals surface area contributed by atoms with Gasteiger partial charge < -0.3 is 0 Å². The zero-order valence-electron chi connectivity index (χ0n) is 10.2. The van der Waals surface area contributed by atoms with Gasteiger partial charge >= 0.3 is 0 Å². The van der Waals surface area contributed by atoms with Crippen LogP contribution in [-0.4, -0.2) is 5.78 Å². The molecule has 86 valence electrons. The molecular formula is C14H24O. The molecule has 0 aromatic rings. The van der Waals surface area contributed by atoms with Crippen molar-refractivity contribution in [3.8, 4) is 0 Å². The number of hydrogen-bond acceptors (Lipinski definition) is 1. The Labute approximate surface area is 93.9 Å². The molecule has 0 unspecified atom stereocenters. The molecule has 15 heavy (non-hydrogen) atoms. The quantitative estimate of drug-likeness (QED) is 0.470. The Kier molecular flexibility index (Phi) is 5.67. The van der Waals surface area contributed by atoms with E-state index in [1.165, 1.54) is 44.9 Å². The lowest BCUT2D eigenvalue weighted by molar-refractivity contribution is -0.113. The van der Waals surface area contributed by atoms with Crippen molar-refractivity contribution in [3.63, 3.8) is 0 Å². The van der Waals surface area contributed by atoms with E-state index in [0.717, 1.165) is 12.0 Å². The SMILES string of the molecule is CCCCC/C(=C\C1CCCC1)C(C)=O. The van der Waals surface area contributed by atoms with Crippen molar-refractivity contribution in [2.75, 3.05) is 0 Å². The molecule has 0 heterocycles. The lowest BCUT2D eigenvalue weighted by Gasteiger charge is -2.07. The van der Waals surface area contributed by atoms with Gasteiger partial charge in [-0.1, -0.05) is 38.7 Å². The standard InChI is InChI=1S/C14H24O/c1-3-4-5-10-14(12(2)15)11-13-8-6-7-9-13/h11,13H,3-10H2,1-2H3/b14-11+. The monoisotopic (exact) mass is 208 g/mol. The Hall–Kier alpha value is -0.590. The first-order valence-electron chi connectivity index (χ1n) is 6.45.